The Kier molecular flexibility index (Phi) is 9.63. The summed E-state index contributed by atoms with van der Waals surface area (Å²) in [5.74, 6) is 0. The van der Waals surface area contributed by atoms with Gasteiger partial charge in [-0.05, 0) is 40.2 Å². The van der Waals surface area contributed by atoms with E-state index in [1.54, 1.807) is 34.6 Å². The molecular formula is C19H29N3O6. The fourth-order valence-corrected chi connectivity index (χ4v) is 2.03. The van der Waals surface area contributed by atoms with Crippen molar-refractivity contribution in [3.8, 4) is 0 Å². The van der Waals surface area contributed by atoms with Crippen molar-refractivity contribution in [3.05, 3.63) is 35.9 Å². The molecule has 0 heterocycles. The molecule has 0 spiro atoms. The van der Waals surface area contributed by atoms with E-state index in [1.165, 1.54) is 0 Å². The molecule has 0 aliphatic rings. The highest BCUT2D eigenvalue weighted by Crippen LogP contribution is 2.04. The molecule has 0 fully saturated rings. The topological polar surface area (TPSA) is 106 Å². The number of alkyl carbamates (subject to hydrolysis) is 1. The van der Waals surface area contributed by atoms with Gasteiger partial charge in [0.1, 0.15) is 6.61 Å². The Morgan fingerprint density at radius 2 is 1.54 bits per heavy atom. The molecular weight excluding hydrogens is 366 g/mol. The average Bonchev–Trinajstić information content (AvgIpc) is 2.62. The van der Waals surface area contributed by atoms with Crippen molar-refractivity contribution in [2.24, 2.45) is 0 Å². The summed E-state index contributed by atoms with van der Waals surface area (Å²) in [7, 11) is 0. The number of hydrogen-bond donors (Lipinski definition) is 2. The second-order valence-corrected chi connectivity index (χ2v) is 6.66. The number of nitrogens with zero attached hydrogens (tertiary/aromatic N) is 1. The second-order valence-electron chi connectivity index (χ2n) is 6.66. The van der Waals surface area contributed by atoms with Crippen LogP contribution in [0.4, 0.5) is 14.4 Å². The minimum atomic E-state index is -0.797. The van der Waals surface area contributed by atoms with E-state index in [9.17, 15) is 14.4 Å². The van der Waals surface area contributed by atoms with Crippen LogP contribution in [-0.2, 0) is 20.8 Å². The van der Waals surface area contributed by atoms with Crippen LogP contribution in [-0.4, -0.2) is 48.1 Å². The monoisotopic (exact) mass is 395 g/mol. The Morgan fingerprint density at radius 3 is 2.11 bits per heavy atom. The summed E-state index contributed by atoms with van der Waals surface area (Å²) in [5, 5.41) is 3.53. The van der Waals surface area contributed by atoms with E-state index in [-0.39, 0.29) is 25.4 Å². The van der Waals surface area contributed by atoms with Crippen LogP contribution in [0.2, 0.25) is 0 Å². The van der Waals surface area contributed by atoms with E-state index in [4.69, 9.17) is 14.2 Å². The molecule has 0 aliphatic carbocycles. The highest BCUT2D eigenvalue weighted by Gasteiger charge is 2.26. The second kappa shape index (κ2) is 11.7. The van der Waals surface area contributed by atoms with E-state index in [2.05, 4.69) is 10.7 Å². The average molecular weight is 395 g/mol. The Labute approximate surface area is 165 Å². The molecule has 9 nitrogen and oxygen atoms in total. The molecule has 0 saturated carbocycles. The van der Waals surface area contributed by atoms with E-state index in [0.717, 1.165) is 10.6 Å². The first-order valence-corrected chi connectivity index (χ1v) is 9.10. The fraction of sp³-hybridized carbons (Fsp3) is 0.526. The molecule has 0 radical (unpaired) electrons. The van der Waals surface area contributed by atoms with E-state index in [0.29, 0.717) is 0 Å². The SMILES string of the molecule is CC(C)OC(=O)NN(C(=O)OC(C)C)[C@H](C)CNC(=O)OCc1ccccc1. The van der Waals surface area contributed by atoms with Gasteiger partial charge < -0.3 is 19.5 Å². The summed E-state index contributed by atoms with van der Waals surface area (Å²) in [6.45, 7) is 8.53. The molecule has 3 amide bonds. The Bertz CT molecular complexity index is 636. The van der Waals surface area contributed by atoms with Gasteiger partial charge in [-0.15, -0.1) is 0 Å². The van der Waals surface area contributed by atoms with Crippen LogP contribution in [0.25, 0.3) is 0 Å². The summed E-state index contributed by atoms with van der Waals surface area (Å²) >= 11 is 0. The van der Waals surface area contributed by atoms with Crippen LogP contribution in [0.1, 0.15) is 40.2 Å². The number of hydrazine groups is 1. The molecule has 156 valence electrons. The highest BCUT2D eigenvalue weighted by atomic mass is 16.6. The fourth-order valence-electron chi connectivity index (χ4n) is 2.03. The predicted octanol–water partition coefficient (Wildman–Crippen LogP) is 3.20. The van der Waals surface area contributed by atoms with Gasteiger partial charge in [-0.1, -0.05) is 30.3 Å². The van der Waals surface area contributed by atoms with E-state index in [1.807, 2.05) is 30.3 Å². The number of rotatable bonds is 7. The quantitative estimate of drug-likeness (QED) is 0.542. The van der Waals surface area contributed by atoms with Crippen LogP contribution >= 0.6 is 0 Å². The van der Waals surface area contributed by atoms with Crippen molar-refractivity contribution in [2.75, 3.05) is 6.54 Å². The zero-order chi connectivity index (χ0) is 21.1. The number of amides is 3. The maximum absolute atomic E-state index is 12.3. The van der Waals surface area contributed by atoms with Gasteiger partial charge in [0.25, 0.3) is 0 Å². The van der Waals surface area contributed by atoms with Crippen LogP contribution < -0.4 is 10.7 Å². The summed E-state index contributed by atoms with van der Waals surface area (Å²) in [5.41, 5.74) is 3.19. The van der Waals surface area contributed by atoms with Crippen molar-refractivity contribution in [3.63, 3.8) is 0 Å². The van der Waals surface area contributed by atoms with Crippen LogP contribution in [0, 0.1) is 0 Å². The van der Waals surface area contributed by atoms with E-state index >= 15 is 0 Å². The molecule has 0 aliphatic heterocycles. The number of carbonyl (C=O) groups excluding carboxylic acids is 3. The Morgan fingerprint density at radius 1 is 0.929 bits per heavy atom. The van der Waals surface area contributed by atoms with Crippen LogP contribution in [0.3, 0.4) is 0 Å². The van der Waals surface area contributed by atoms with Gasteiger partial charge in [-0.3, -0.25) is 0 Å². The molecule has 0 bridgehead atoms. The van der Waals surface area contributed by atoms with Crippen molar-refractivity contribution in [1.82, 2.24) is 15.8 Å². The number of ether oxygens (including phenoxy) is 3. The zero-order valence-corrected chi connectivity index (χ0v) is 16.9. The van der Waals surface area contributed by atoms with Crippen LogP contribution in [0.5, 0.6) is 0 Å². The molecule has 0 aromatic heterocycles. The zero-order valence-electron chi connectivity index (χ0n) is 16.9. The number of carbonyl (C=O) groups is 3. The van der Waals surface area contributed by atoms with Gasteiger partial charge in [-0.2, -0.15) is 0 Å². The molecule has 9 heteroatoms. The van der Waals surface area contributed by atoms with Crippen LogP contribution in [0.15, 0.2) is 30.3 Å². The normalized spacial score (nSPS) is 11.5. The molecule has 2 N–H and O–H groups in total. The number of nitrogens with one attached hydrogen (secondary N) is 2. The molecule has 1 aromatic carbocycles. The maximum atomic E-state index is 12.3. The van der Waals surface area contributed by atoms with E-state index < -0.39 is 24.3 Å². The molecule has 28 heavy (non-hydrogen) atoms. The molecule has 1 rings (SSSR count). The number of hydrogen-bond acceptors (Lipinski definition) is 6. The lowest BCUT2D eigenvalue weighted by Gasteiger charge is -2.29. The van der Waals surface area contributed by atoms with Gasteiger partial charge in [-0.25, -0.2) is 24.8 Å². The van der Waals surface area contributed by atoms with Gasteiger partial charge in [0.15, 0.2) is 0 Å². The summed E-state index contributed by atoms with van der Waals surface area (Å²) in [6, 6.07) is 8.62. The lowest BCUT2D eigenvalue weighted by Crippen LogP contribution is -2.55. The summed E-state index contributed by atoms with van der Waals surface area (Å²) in [4.78, 5) is 36.0. The van der Waals surface area contributed by atoms with Gasteiger partial charge in [0.2, 0.25) is 0 Å². The van der Waals surface area contributed by atoms with Crippen molar-refractivity contribution < 1.29 is 28.6 Å². The Balaban J connectivity index is 2.58. The molecule has 0 saturated heterocycles. The standard InChI is InChI=1S/C19H29N3O6/c1-13(2)27-18(24)21-22(19(25)28-14(3)4)15(5)11-20-17(23)26-12-16-9-7-6-8-10-16/h6-10,13-15H,11-12H2,1-5H3,(H,20,23)(H,21,24)/t15-/m1/s1. The van der Waals surface area contributed by atoms with Gasteiger partial charge in [0, 0.05) is 6.54 Å². The largest absolute Gasteiger partial charge is 0.446 e. The van der Waals surface area contributed by atoms with Crippen molar-refractivity contribution >= 4 is 18.3 Å². The molecule has 1 atom stereocenters. The third-order valence-electron chi connectivity index (χ3n) is 3.28. The Hall–Kier alpha value is -2.97. The minimum Gasteiger partial charge on any atom is -0.446 e. The van der Waals surface area contributed by atoms with Crippen molar-refractivity contribution in [2.45, 2.75) is 59.5 Å². The van der Waals surface area contributed by atoms with Gasteiger partial charge >= 0.3 is 18.3 Å². The predicted molar refractivity (Wildman–Crippen MR) is 102 cm³/mol. The molecule has 0 unspecified atom stereocenters. The summed E-state index contributed by atoms with van der Waals surface area (Å²) < 4.78 is 15.2. The first-order valence-electron chi connectivity index (χ1n) is 9.10. The third kappa shape index (κ3) is 9.11. The third-order valence-corrected chi connectivity index (χ3v) is 3.28. The lowest BCUT2D eigenvalue weighted by molar-refractivity contribution is 0.0337. The lowest BCUT2D eigenvalue weighted by atomic mass is 10.2. The smallest absolute Gasteiger partial charge is 0.429 e. The van der Waals surface area contributed by atoms with Crippen molar-refractivity contribution in [1.29, 1.82) is 0 Å². The first kappa shape index (κ1) is 23.1. The minimum absolute atomic E-state index is 0.0305. The summed E-state index contributed by atoms with van der Waals surface area (Å²) in [6.07, 6.45) is -2.94. The number of benzene rings is 1. The molecule has 1 aromatic rings. The highest BCUT2D eigenvalue weighted by molar-refractivity contribution is 5.74. The first-order chi connectivity index (χ1) is 13.2. The van der Waals surface area contributed by atoms with Gasteiger partial charge in [0.05, 0.1) is 18.2 Å². The maximum Gasteiger partial charge on any atom is 0.429 e.